The quantitative estimate of drug-likeness (QED) is 0.843. The molecule has 2 rings (SSSR count). The number of nitrogens with zero attached hydrogens (tertiary/aromatic N) is 2. The number of imidazole rings is 1. The van der Waals surface area contributed by atoms with Gasteiger partial charge in [0.15, 0.2) is 0 Å². The molecule has 2 atom stereocenters. The molecule has 2 unspecified atom stereocenters. The van der Waals surface area contributed by atoms with Crippen molar-refractivity contribution in [2.75, 3.05) is 13.2 Å². The second kappa shape index (κ2) is 5.46. The largest absolute Gasteiger partial charge is 0.380 e. The molecule has 4 nitrogen and oxygen atoms in total. The van der Waals surface area contributed by atoms with E-state index in [1.807, 2.05) is 19.4 Å². The van der Waals surface area contributed by atoms with Crippen molar-refractivity contribution in [3.63, 3.8) is 0 Å². The summed E-state index contributed by atoms with van der Waals surface area (Å²) in [7, 11) is 2.05. The second-order valence-corrected chi connectivity index (χ2v) is 4.44. The molecule has 1 aliphatic rings. The van der Waals surface area contributed by atoms with E-state index in [0.29, 0.717) is 12.1 Å². The molecular formula is C12H21N3O. The van der Waals surface area contributed by atoms with Crippen LogP contribution in [0.1, 0.15) is 38.1 Å². The first-order valence-corrected chi connectivity index (χ1v) is 6.12. The number of hydrogen-bond donors (Lipinski definition) is 1. The van der Waals surface area contributed by atoms with Crippen LogP contribution in [0.25, 0.3) is 0 Å². The highest BCUT2D eigenvalue weighted by molar-refractivity contribution is 4.99. The fourth-order valence-electron chi connectivity index (χ4n) is 2.24. The molecule has 1 N–H and O–H groups in total. The van der Waals surface area contributed by atoms with E-state index in [9.17, 15) is 0 Å². The molecule has 16 heavy (non-hydrogen) atoms. The second-order valence-electron chi connectivity index (χ2n) is 4.44. The Morgan fingerprint density at radius 2 is 2.56 bits per heavy atom. The summed E-state index contributed by atoms with van der Waals surface area (Å²) < 4.78 is 7.57. The van der Waals surface area contributed by atoms with Crippen LogP contribution >= 0.6 is 0 Å². The van der Waals surface area contributed by atoms with Crippen molar-refractivity contribution in [1.82, 2.24) is 14.9 Å². The first kappa shape index (κ1) is 11.6. The lowest BCUT2D eigenvalue weighted by molar-refractivity contribution is 0.0655. The minimum absolute atomic E-state index is 0.340. The van der Waals surface area contributed by atoms with E-state index < -0.39 is 0 Å². The molecule has 1 saturated heterocycles. The van der Waals surface area contributed by atoms with Crippen LogP contribution in [-0.2, 0) is 11.8 Å². The van der Waals surface area contributed by atoms with E-state index in [1.165, 1.54) is 6.42 Å². The lowest BCUT2D eigenvalue weighted by Gasteiger charge is -2.27. The number of nitrogens with one attached hydrogen (secondary N) is 1. The molecular weight excluding hydrogens is 202 g/mol. The smallest absolute Gasteiger partial charge is 0.125 e. The molecule has 0 amide bonds. The highest BCUT2D eigenvalue weighted by Gasteiger charge is 2.20. The number of rotatable bonds is 4. The number of hydrogen-bond acceptors (Lipinski definition) is 3. The molecule has 0 aromatic carbocycles. The maximum atomic E-state index is 5.49. The summed E-state index contributed by atoms with van der Waals surface area (Å²) in [6.45, 7) is 3.94. The lowest BCUT2D eigenvalue weighted by Crippen LogP contribution is -2.39. The van der Waals surface area contributed by atoms with Gasteiger partial charge in [-0.3, -0.25) is 0 Å². The summed E-state index contributed by atoms with van der Waals surface area (Å²) >= 11 is 0. The van der Waals surface area contributed by atoms with Crippen LogP contribution in [0, 0.1) is 0 Å². The number of ether oxygens (including phenoxy) is 1. The van der Waals surface area contributed by atoms with Gasteiger partial charge in [0.25, 0.3) is 0 Å². The van der Waals surface area contributed by atoms with Crippen LogP contribution < -0.4 is 5.32 Å². The SMILES string of the molecule is CCC(NC1CCCOC1)c1nccn1C. The molecule has 1 fully saturated rings. The van der Waals surface area contributed by atoms with E-state index >= 15 is 0 Å². The fraction of sp³-hybridized carbons (Fsp3) is 0.750. The van der Waals surface area contributed by atoms with Gasteiger partial charge in [0, 0.05) is 32.1 Å². The zero-order valence-electron chi connectivity index (χ0n) is 10.1. The van der Waals surface area contributed by atoms with Crippen molar-refractivity contribution in [2.45, 2.75) is 38.3 Å². The van der Waals surface area contributed by atoms with Crippen LogP contribution in [0.2, 0.25) is 0 Å². The van der Waals surface area contributed by atoms with Gasteiger partial charge >= 0.3 is 0 Å². The molecule has 1 aromatic rings. The third-order valence-electron chi connectivity index (χ3n) is 3.18. The standard InChI is InChI=1S/C12H21N3O/c1-3-11(12-13-6-7-15(12)2)14-10-5-4-8-16-9-10/h6-7,10-11,14H,3-5,8-9H2,1-2H3. The molecule has 0 saturated carbocycles. The van der Waals surface area contributed by atoms with E-state index in [2.05, 4.69) is 21.8 Å². The Bertz CT molecular complexity index is 318. The summed E-state index contributed by atoms with van der Waals surface area (Å²) in [6.07, 6.45) is 7.28. The molecule has 2 heterocycles. The Kier molecular flexibility index (Phi) is 3.96. The summed E-state index contributed by atoms with van der Waals surface area (Å²) in [5.74, 6) is 1.12. The van der Waals surface area contributed by atoms with Gasteiger partial charge in [-0.15, -0.1) is 0 Å². The van der Waals surface area contributed by atoms with Gasteiger partial charge < -0.3 is 14.6 Å². The Labute approximate surface area is 97.0 Å². The van der Waals surface area contributed by atoms with E-state index in [4.69, 9.17) is 4.74 Å². The molecule has 0 radical (unpaired) electrons. The Morgan fingerprint density at radius 1 is 1.69 bits per heavy atom. The number of aryl methyl sites for hydroxylation is 1. The Hall–Kier alpha value is -0.870. The first-order chi connectivity index (χ1) is 7.81. The number of aromatic nitrogens is 2. The van der Waals surface area contributed by atoms with Crippen LogP contribution in [0.4, 0.5) is 0 Å². The van der Waals surface area contributed by atoms with Crippen molar-refractivity contribution in [1.29, 1.82) is 0 Å². The highest BCUT2D eigenvalue weighted by Crippen LogP contribution is 2.17. The molecule has 0 bridgehead atoms. The monoisotopic (exact) mass is 223 g/mol. The summed E-state index contributed by atoms with van der Waals surface area (Å²) in [5, 5.41) is 3.64. The first-order valence-electron chi connectivity index (χ1n) is 6.12. The predicted molar refractivity (Wildman–Crippen MR) is 63.2 cm³/mol. The predicted octanol–water partition coefficient (Wildman–Crippen LogP) is 1.64. The summed E-state index contributed by atoms with van der Waals surface area (Å²) in [5.41, 5.74) is 0. The Morgan fingerprint density at radius 3 is 3.12 bits per heavy atom. The van der Waals surface area contributed by atoms with Gasteiger partial charge in [-0.1, -0.05) is 6.92 Å². The van der Waals surface area contributed by atoms with Crippen molar-refractivity contribution in [3.05, 3.63) is 18.2 Å². The maximum Gasteiger partial charge on any atom is 0.125 e. The average molecular weight is 223 g/mol. The van der Waals surface area contributed by atoms with Gasteiger partial charge in [0.1, 0.15) is 5.82 Å². The van der Waals surface area contributed by atoms with Crippen molar-refractivity contribution >= 4 is 0 Å². The molecule has 0 aliphatic carbocycles. The zero-order valence-corrected chi connectivity index (χ0v) is 10.1. The average Bonchev–Trinajstić information content (AvgIpc) is 2.74. The van der Waals surface area contributed by atoms with Gasteiger partial charge in [-0.05, 0) is 19.3 Å². The molecule has 1 aliphatic heterocycles. The summed E-state index contributed by atoms with van der Waals surface area (Å²) in [4.78, 5) is 4.41. The van der Waals surface area contributed by atoms with Gasteiger partial charge in [0.05, 0.1) is 12.6 Å². The molecule has 0 spiro atoms. The molecule has 90 valence electrons. The summed E-state index contributed by atoms with van der Waals surface area (Å²) in [6, 6.07) is 0.821. The zero-order chi connectivity index (χ0) is 11.4. The van der Waals surface area contributed by atoms with E-state index in [1.54, 1.807) is 0 Å². The molecule has 1 aromatic heterocycles. The van der Waals surface area contributed by atoms with E-state index in [0.717, 1.165) is 31.9 Å². The van der Waals surface area contributed by atoms with Crippen LogP contribution in [0.15, 0.2) is 12.4 Å². The normalized spacial score (nSPS) is 23.2. The van der Waals surface area contributed by atoms with Gasteiger partial charge in [-0.25, -0.2) is 4.98 Å². The minimum Gasteiger partial charge on any atom is -0.380 e. The van der Waals surface area contributed by atoms with Crippen molar-refractivity contribution < 1.29 is 4.74 Å². The van der Waals surface area contributed by atoms with Crippen molar-refractivity contribution in [2.24, 2.45) is 7.05 Å². The maximum absolute atomic E-state index is 5.49. The van der Waals surface area contributed by atoms with Crippen LogP contribution in [0.5, 0.6) is 0 Å². The van der Waals surface area contributed by atoms with Gasteiger partial charge in [0.2, 0.25) is 0 Å². The topological polar surface area (TPSA) is 39.1 Å². The van der Waals surface area contributed by atoms with Gasteiger partial charge in [-0.2, -0.15) is 0 Å². The minimum atomic E-state index is 0.340. The van der Waals surface area contributed by atoms with E-state index in [-0.39, 0.29) is 0 Å². The molecule has 4 heteroatoms. The fourth-order valence-corrected chi connectivity index (χ4v) is 2.24. The third kappa shape index (κ3) is 2.62. The third-order valence-corrected chi connectivity index (χ3v) is 3.18. The van der Waals surface area contributed by atoms with Crippen molar-refractivity contribution in [3.8, 4) is 0 Å². The Balaban J connectivity index is 1.97. The van der Waals surface area contributed by atoms with Crippen LogP contribution in [0.3, 0.4) is 0 Å². The highest BCUT2D eigenvalue weighted by atomic mass is 16.5. The van der Waals surface area contributed by atoms with Crippen LogP contribution in [-0.4, -0.2) is 28.8 Å². The lowest BCUT2D eigenvalue weighted by atomic mass is 10.1.